The quantitative estimate of drug-likeness (QED) is 0.478. The van der Waals surface area contributed by atoms with Gasteiger partial charge in [-0.2, -0.15) is 13.2 Å². The molecule has 36 heavy (non-hydrogen) atoms. The van der Waals surface area contributed by atoms with E-state index in [9.17, 15) is 18.0 Å². The molecule has 1 aromatic carbocycles. The molecule has 1 amide bonds. The standard InChI is InChI=1S/C26H28F3N5O2/c1-25(2,3)36-24(35)34-14-12-33(13-15-34)20-7-4-6-18(16-20)21-8-5-9-22(31-21)32-23-17-19(10-11-30-23)26(27,28)29/h4-11,16-17H,12-15H2,1-3H3,(H,30,31,32). The molecule has 1 aliphatic heterocycles. The van der Waals surface area contributed by atoms with E-state index < -0.39 is 17.3 Å². The predicted octanol–water partition coefficient (Wildman–Crippen LogP) is 5.96. The first-order valence-electron chi connectivity index (χ1n) is 11.6. The molecule has 3 aromatic rings. The Hall–Kier alpha value is -3.82. The van der Waals surface area contributed by atoms with Crippen molar-refractivity contribution in [2.45, 2.75) is 32.5 Å². The van der Waals surface area contributed by atoms with E-state index in [4.69, 9.17) is 4.74 Å². The van der Waals surface area contributed by atoms with E-state index in [0.717, 1.165) is 29.6 Å². The molecule has 7 nitrogen and oxygen atoms in total. The van der Waals surface area contributed by atoms with Gasteiger partial charge in [-0.1, -0.05) is 18.2 Å². The predicted molar refractivity (Wildman–Crippen MR) is 132 cm³/mol. The van der Waals surface area contributed by atoms with E-state index in [2.05, 4.69) is 20.2 Å². The molecule has 0 spiro atoms. The van der Waals surface area contributed by atoms with Gasteiger partial charge in [0.05, 0.1) is 11.3 Å². The van der Waals surface area contributed by atoms with Crippen molar-refractivity contribution in [1.82, 2.24) is 14.9 Å². The topological polar surface area (TPSA) is 70.6 Å². The fourth-order valence-corrected chi connectivity index (χ4v) is 3.81. The van der Waals surface area contributed by atoms with Gasteiger partial charge in [0.25, 0.3) is 0 Å². The number of carbonyl (C=O) groups excluding carboxylic acids is 1. The third kappa shape index (κ3) is 6.44. The van der Waals surface area contributed by atoms with Gasteiger partial charge in [0.15, 0.2) is 0 Å². The van der Waals surface area contributed by atoms with Gasteiger partial charge in [-0.15, -0.1) is 0 Å². The van der Waals surface area contributed by atoms with E-state index in [1.54, 1.807) is 17.0 Å². The highest BCUT2D eigenvalue weighted by molar-refractivity contribution is 5.70. The van der Waals surface area contributed by atoms with Crippen molar-refractivity contribution >= 4 is 23.4 Å². The number of nitrogens with zero attached hydrogens (tertiary/aromatic N) is 4. The lowest BCUT2D eigenvalue weighted by Crippen LogP contribution is -2.50. The molecular weight excluding hydrogens is 471 g/mol. The lowest BCUT2D eigenvalue weighted by Gasteiger charge is -2.36. The van der Waals surface area contributed by atoms with Gasteiger partial charge in [-0.25, -0.2) is 14.8 Å². The number of halogens is 3. The van der Waals surface area contributed by atoms with Crippen LogP contribution < -0.4 is 10.2 Å². The molecule has 0 aliphatic carbocycles. The second-order valence-electron chi connectivity index (χ2n) is 9.47. The zero-order valence-corrected chi connectivity index (χ0v) is 20.3. The lowest BCUT2D eigenvalue weighted by atomic mass is 10.1. The molecule has 0 unspecified atom stereocenters. The molecule has 190 valence electrons. The van der Waals surface area contributed by atoms with E-state index >= 15 is 0 Å². The highest BCUT2D eigenvalue weighted by atomic mass is 19.4. The van der Waals surface area contributed by atoms with Gasteiger partial charge in [-0.3, -0.25) is 0 Å². The van der Waals surface area contributed by atoms with Crippen LogP contribution in [0, 0.1) is 0 Å². The van der Waals surface area contributed by atoms with Crippen LogP contribution in [0.15, 0.2) is 60.8 Å². The number of aromatic nitrogens is 2. The minimum Gasteiger partial charge on any atom is -0.444 e. The summed E-state index contributed by atoms with van der Waals surface area (Å²) in [5.41, 5.74) is 1.21. The first kappa shape index (κ1) is 25.3. The number of hydrogen-bond acceptors (Lipinski definition) is 6. The molecule has 3 heterocycles. The van der Waals surface area contributed by atoms with Gasteiger partial charge in [-0.05, 0) is 57.2 Å². The molecule has 4 rings (SSSR count). The maximum Gasteiger partial charge on any atom is 0.416 e. The summed E-state index contributed by atoms with van der Waals surface area (Å²) in [5, 5.41) is 2.85. The molecule has 0 saturated carbocycles. The Kier molecular flexibility index (Phi) is 7.05. The Morgan fingerprint density at radius 1 is 0.944 bits per heavy atom. The summed E-state index contributed by atoms with van der Waals surface area (Å²) >= 11 is 0. The molecule has 1 N–H and O–H groups in total. The number of ether oxygens (including phenoxy) is 1. The van der Waals surface area contributed by atoms with E-state index in [0.29, 0.717) is 37.7 Å². The first-order chi connectivity index (χ1) is 17.0. The molecule has 0 atom stereocenters. The third-order valence-corrected chi connectivity index (χ3v) is 5.53. The largest absolute Gasteiger partial charge is 0.444 e. The second kappa shape index (κ2) is 10.0. The Balaban J connectivity index is 1.45. The van der Waals surface area contributed by atoms with Crippen molar-refractivity contribution in [2.75, 3.05) is 36.4 Å². The van der Waals surface area contributed by atoms with Gasteiger partial charge in [0.2, 0.25) is 0 Å². The zero-order valence-electron chi connectivity index (χ0n) is 20.3. The molecule has 1 fully saturated rings. The van der Waals surface area contributed by atoms with Crippen LogP contribution in [0.25, 0.3) is 11.3 Å². The van der Waals surface area contributed by atoms with Gasteiger partial charge in [0.1, 0.15) is 17.2 Å². The molecule has 0 bridgehead atoms. The van der Waals surface area contributed by atoms with Crippen LogP contribution in [-0.4, -0.2) is 52.7 Å². The average Bonchev–Trinajstić information content (AvgIpc) is 2.83. The SMILES string of the molecule is CC(C)(C)OC(=O)N1CCN(c2cccc(-c3cccc(Nc4cc(C(F)(F)F)ccn4)n3)c2)CC1. The summed E-state index contributed by atoms with van der Waals surface area (Å²) in [6, 6.07) is 15.0. The summed E-state index contributed by atoms with van der Waals surface area (Å²) in [6.07, 6.45) is -3.64. The van der Waals surface area contributed by atoms with Gasteiger partial charge in [0, 0.05) is 43.6 Å². The fourth-order valence-electron chi connectivity index (χ4n) is 3.81. The number of alkyl halides is 3. The number of hydrogen-bond donors (Lipinski definition) is 1. The minimum atomic E-state index is -4.45. The number of nitrogens with one attached hydrogen (secondary N) is 1. The highest BCUT2D eigenvalue weighted by Crippen LogP contribution is 2.31. The zero-order chi connectivity index (χ0) is 25.9. The summed E-state index contributed by atoms with van der Waals surface area (Å²) in [6.45, 7) is 7.99. The van der Waals surface area contributed by atoms with Gasteiger partial charge >= 0.3 is 12.3 Å². The normalized spacial score (nSPS) is 14.5. The van der Waals surface area contributed by atoms with Crippen LogP contribution in [0.1, 0.15) is 26.3 Å². The van der Waals surface area contributed by atoms with Crippen molar-refractivity contribution in [1.29, 1.82) is 0 Å². The summed E-state index contributed by atoms with van der Waals surface area (Å²) in [4.78, 5) is 24.8. The monoisotopic (exact) mass is 499 g/mol. The number of piperazine rings is 1. The van der Waals surface area contributed by atoms with Crippen LogP contribution in [0.3, 0.4) is 0 Å². The van der Waals surface area contributed by atoms with Crippen LogP contribution in [0.4, 0.5) is 35.3 Å². The smallest absolute Gasteiger partial charge is 0.416 e. The van der Waals surface area contributed by atoms with Crippen molar-refractivity contribution in [2.24, 2.45) is 0 Å². The fraction of sp³-hybridized carbons (Fsp3) is 0.346. The minimum absolute atomic E-state index is 0.0612. The Labute approximate surface area is 207 Å². The van der Waals surface area contributed by atoms with Crippen LogP contribution >= 0.6 is 0 Å². The van der Waals surface area contributed by atoms with E-state index in [1.165, 1.54) is 0 Å². The molecule has 1 saturated heterocycles. The molecule has 1 aliphatic rings. The second-order valence-corrected chi connectivity index (χ2v) is 9.47. The molecule has 2 aromatic heterocycles. The summed E-state index contributed by atoms with van der Waals surface area (Å²) in [5.74, 6) is 0.446. The van der Waals surface area contributed by atoms with Crippen LogP contribution in [0.5, 0.6) is 0 Å². The van der Waals surface area contributed by atoms with Crippen molar-refractivity contribution in [3.63, 3.8) is 0 Å². The first-order valence-corrected chi connectivity index (χ1v) is 11.6. The number of pyridine rings is 2. The summed E-state index contributed by atoms with van der Waals surface area (Å²) in [7, 11) is 0. The number of rotatable bonds is 4. The highest BCUT2D eigenvalue weighted by Gasteiger charge is 2.31. The van der Waals surface area contributed by atoms with Crippen LogP contribution in [-0.2, 0) is 10.9 Å². The Bertz CT molecular complexity index is 1220. The van der Waals surface area contributed by atoms with Crippen LogP contribution in [0.2, 0.25) is 0 Å². The molecule has 0 radical (unpaired) electrons. The van der Waals surface area contributed by atoms with E-state index in [1.807, 2.05) is 51.1 Å². The van der Waals surface area contributed by atoms with Crippen molar-refractivity contribution in [3.05, 3.63) is 66.4 Å². The number of carbonyl (C=O) groups is 1. The average molecular weight is 500 g/mol. The number of benzene rings is 1. The van der Waals surface area contributed by atoms with Crippen molar-refractivity contribution in [3.8, 4) is 11.3 Å². The van der Waals surface area contributed by atoms with Gasteiger partial charge < -0.3 is 19.9 Å². The number of anilines is 3. The summed E-state index contributed by atoms with van der Waals surface area (Å²) < 4.78 is 44.5. The molecule has 10 heteroatoms. The maximum atomic E-state index is 13.0. The number of amides is 1. The Morgan fingerprint density at radius 3 is 2.36 bits per heavy atom. The van der Waals surface area contributed by atoms with Crippen molar-refractivity contribution < 1.29 is 22.7 Å². The maximum absolute atomic E-state index is 13.0. The Morgan fingerprint density at radius 2 is 1.67 bits per heavy atom. The third-order valence-electron chi connectivity index (χ3n) is 5.53. The molecular formula is C26H28F3N5O2. The van der Waals surface area contributed by atoms with E-state index in [-0.39, 0.29) is 11.9 Å². The lowest BCUT2D eigenvalue weighted by molar-refractivity contribution is -0.137.